The summed E-state index contributed by atoms with van der Waals surface area (Å²) in [7, 11) is 0. The number of rotatable bonds is 3. The van der Waals surface area contributed by atoms with Crippen molar-refractivity contribution in [3.05, 3.63) is 77.4 Å². The maximum atomic E-state index is 4.28. The van der Waals surface area contributed by atoms with Gasteiger partial charge in [0.25, 0.3) is 0 Å². The zero-order valence-electron chi connectivity index (χ0n) is 14.2. The summed E-state index contributed by atoms with van der Waals surface area (Å²) in [6, 6.07) is 17.5. The van der Waals surface area contributed by atoms with Crippen LogP contribution in [0.3, 0.4) is 0 Å². The van der Waals surface area contributed by atoms with Gasteiger partial charge in [-0.1, -0.05) is 98.5 Å². The molecule has 0 heterocycles. The highest BCUT2D eigenvalue weighted by molar-refractivity contribution is 14.1. The molecule has 0 fully saturated rings. The Labute approximate surface area is 148 Å². The molecule has 0 unspecified atom stereocenters. The highest BCUT2D eigenvalue weighted by Crippen LogP contribution is 2.32. The maximum absolute atomic E-state index is 4.28. The lowest BCUT2D eigenvalue weighted by Crippen LogP contribution is -2.10. The third kappa shape index (κ3) is 4.01. The van der Waals surface area contributed by atoms with Crippen LogP contribution in [0.25, 0.3) is 5.57 Å². The SMILES string of the molecule is C=C(c1ccc(C(C)(C)C)cc1)c1ccc(C(C)(C)I)cc1. The molecule has 1 heteroatoms. The van der Waals surface area contributed by atoms with Gasteiger partial charge in [-0.25, -0.2) is 0 Å². The van der Waals surface area contributed by atoms with Gasteiger partial charge in [0.1, 0.15) is 0 Å². The molecule has 0 bridgehead atoms. The summed E-state index contributed by atoms with van der Waals surface area (Å²) in [6.07, 6.45) is 0. The first-order valence-electron chi connectivity index (χ1n) is 7.69. The van der Waals surface area contributed by atoms with Gasteiger partial charge in [-0.3, -0.25) is 0 Å². The summed E-state index contributed by atoms with van der Waals surface area (Å²) < 4.78 is 0.159. The average molecular weight is 404 g/mol. The van der Waals surface area contributed by atoms with Crippen LogP contribution in [0, 0.1) is 0 Å². The smallest absolute Gasteiger partial charge is 0.0414 e. The molecule has 2 aromatic rings. The van der Waals surface area contributed by atoms with Crippen LogP contribution in [0.4, 0.5) is 0 Å². The molecule has 0 saturated carbocycles. The Hall–Kier alpha value is -1.09. The van der Waals surface area contributed by atoms with E-state index in [0.29, 0.717) is 0 Å². The lowest BCUT2D eigenvalue weighted by molar-refractivity contribution is 0.590. The maximum Gasteiger partial charge on any atom is 0.0414 e. The van der Waals surface area contributed by atoms with E-state index in [1.54, 1.807) is 0 Å². The fraction of sp³-hybridized carbons (Fsp3) is 0.333. The summed E-state index contributed by atoms with van der Waals surface area (Å²) in [5.74, 6) is 0. The van der Waals surface area contributed by atoms with Crippen LogP contribution in [-0.2, 0) is 8.84 Å². The van der Waals surface area contributed by atoms with Crippen molar-refractivity contribution in [3.8, 4) is 0 Å². The molecule has 0 aliphatic heterocycles. The van der Waals surface area contributed by atoms with Crippen LogP contribution in [0.2, 0.25) is 0 Å². The van der Waals surface area contributed by atoms with E-state index in [4.69, 9.17) is 0 Å². The summed E-state index contributed by atoms with van der Waals surface area (Å²) in [5.41, 5.74) is 6.34. The largest absolute Gasteiger partial charge is 0.0906 e. The predicted molar refractivity (Wildman–Crippen MR) is 107 cm³/mol. The molecule has 0 aliphatic carbocycles. The molecule has 0 nitrogen and oxygen atoms in total. The second-order valence-electron chi connectivity index (χ2n) is 7.36. The Kier molecular flexibility index (Phi) is 4.86. The van der Waals surface area contributed by atoms with Crippen molar-refractivity contribution in [2.75, 3.05) is 0 Å². The Morgan fingerprint density at radius 3 is 1.41 bits per heavy atom. The van der Waals surface area contributed by atoms with E-state index in [1.165, 1.54) is 22.3 Å². The number of hydrogen-bond acceptors (Lipinski definition) is 0. The first kappa shape index (κ1) is 17.3. The highest BCUT2D eigenvalue weighted by Gasteiger charge is 2.16. The fourth-order valence-corrected chi connectivity index (χ4v) is 2.77. The quantitative estimate of drug-likeness (QED) is 0.394. The van der Waals surface area contributed by atoms with Crippen molar-refractivity contribution in [2.24, 2.45) is 0 Å². The van der Waals surface area contributed by atoms with E-state index in [9.17, 15) is 0 Å². The minimum absolute atomic E-state index is 0.159. The minimum atomic E-state index is 0.159. The second-order valence-corrected chi connectivity index (χ2v) is 10.1. The first-order chi connectivity index (χ1) is 10.1. The highest BCUT2D eigenvalue weighted by atomic mass is 127. The van der Waals surface area contributed by atoms with E-state index in [1.807, 2.05) is 0 Å². The molecule has 116 valence electrons. The first-order valence-corrected chi connectivity index (χ1v) is 8.76. The van der Waals surface area contributed by atoms with Gasteiger partial charge in [0, 0.05) is 3.42 Å². The van der Waals surface area contributed by atoms with Gasteiger partial charge in [-0.05, 0) is 47.1 Å². The lowest BCUT2D eigenvalue weighted by atomic mass is 9.86. The van der Waals surface area contributed by atoms with Crippen LogP contribution in [-0.4, -0.2) is 0 Å². The monoisotopic (exact) mass is 404 g/mol. The number of benzene rings is 2. The topological polar surface area (TPSA) is 0 Å². The van der Waals surface area contributed by atoms with E-state index >= 15 is 0 Å². The van der Waals surface area contributed by atoms with Crippen molar-refractivity contribution in [1.29, 1.82) is 0 Å². The molecule has 0 saturated heterocycles. The van der Waals surface area contributed by atoms with Crippen molar-refractivity contribution >= 4 is 28.2 Å². The average Bonchev–Trinajstić information content (AvgIpc) is 2.45. The van der Waals surface area contributed by atoms with Gasteiger partial charge in [0.2, 0.25) is 0 Å². The molecule has 0 spiro atoms. The van der Waals surface area contributed by atoms with Gasteiger partial charge < -0.3 is 0 Å². The molecule has 0 amide bonds. The van der Waals surface area contributed by atoms with E-state index in [-0.39, 0.29) is 8.84 Å². The summed E-state index contributed by atoms with van der Waals surface area (Å²) >= 11 is 2.47. The van der Waals surface area contributed by atoms with Crippen molar-refractivity contribution in [1.82, 2.24) is 0 Å². The van der Waals surface area contributed by atoms with Crippen LogP contribution in [0.1, 0.15) is 56.9 Å². The molecule has 0 N–H and O–H groups in total. The van der Waals surface area contributed by atoms with Gasteiger partial charge >= 0.3 is 0 Å². The number of hydrogen-bond donors (Lipinski definition) is 0. The second kappa shape index (κ2) is 6.19. The Balaban J connectivity index is 2.25. The molecule has 2 rings (SSSR count). The third-order valence-corrected chi connectivity index (χ3v) is 4.64. The lowest BCUT2D eigenvalue weighted by Gasteiger charge is -2.20. The summed E-state index contributed by atoms with van der Waals surface area (Å²) in [5, 5.41) is 0. The fourth-order valence-electron chi connectivity index (χ4n) is 2.41. The van der Waals surface area contributed by atoms with Gasteiger partial charge in [-0.15, -0.1) is 0 Å². The predicted octanol–water partition coefficient (Wildman–Crippen LogP) is 6.72. The summed E-state index contributed by atoms with van der Waals surface area (Å²) in [4.78, 5) is 0. The van der Waals surface area contributed by atoms with Crippen LogP contribution in [0.5, 0.6) is 0 Å². The third-order valence-electron chi connectivity index (χ3n) is 4.02. The Morgan fingerprint density at radius 2 is 1.09 bits per heavy atom. The molecule has 0 aliphatic rings. The Morgan fingerprint density at radius 1 is 0.727 bits per heavy atom. The van der Waals surface area contributed by atoms with E-state index < -0.39 is 0 Å². The zero-order chi connectivity index (χ0) is 16.5. The summed E-state index contributed by atoms with van der Waals surface area (Å²) in [6.45, 7) is 15.4. The van der Waals surface area contributed by atoms with Crippen LogP contribution >= 0.6 is 22.6 Å². The molecule has 0 radical (unpaired) electrons. The van der Waals surface area contributed by atoms with Crippen molar-refractivity contribution in [2.45, 2.75) is 43.5 Å². The van der Waals surface area contributed by atoms with Gasteiger partial charge in [0.15, 0.2) is 0 Å². The van der Waals surface area contributed by atoms with Gasteiger partial charge in [0.05, 0.1) is 0 Å². The Bertz CT molecular complexity index is 588. The molecular weight excluding hydrogens is 379 g/mol. The number of halogens is 1. The van der Waals surface area contributed by atoms with Crippen LogP contribution < -0.4 is 0 Å². The molecule has 2 aromatic carbocycles. The van der Waals surface area contributed by atoms with E-state index in [0.717, 1.165) is 5.57 Å². The van der Waals surface area contributed by atoms with Gasteiger partial charge in [-0.2, -0.15) is 0 Å². The zero-order valence-corrected chi connectivity index (χ0v) is 16.4. The molecular formula is C21H25I. The normalized spacial score (nSPS) is 12.3. The number of alkyl halides is 1. The minimum Gasteiger partial charge on any atom is -0.0906 e. The molecule has 0 atom stereocenters. The van der Waals surface area contributed by atoms with Crippen molar-refractivity contribution in [3.63, 3.8) is 0 Å². The van der Waals surface area contributed by atoms with Crippen LogP contribution in [0.15, 0.2) is 55.1 Å². The van der Waals surface area contributed by atoms with Crippen molar-refractivity contribution < 1.29 is 0 Å². The molecule has 22 heavy (non-hydrogen) atoms. The standard InChI is InChI=1S/C21H25I/c1-15(16-7-11-18(12-8-16)20(2,3)4)17-9-13-19(14-10-17)21(5,6)22/h7-14H,1H2,2-6H3. The van der Waals surface area contributed by atoms with E-state index in [2.05, 4.69) is 112 Å². The molecule has 0 aromatic heterocycles.